The van der Waals surface area contributed by atoms with Crippen LogP contribution in [0.4, 0.5) is 0 Å². The molecule has 3 N–H and O–H groups in total. The molecule has 0 aliphatic heterocycles. The predicted molar refractivity (Wildman–Crippen MR) is 87.7 cm³/mol. The van der Waals surface area contributed by atoms with E-state index in [0.717, 1.165) is 18.4 Å². The Hall–Kier alpha value is -1.34. The lowest BCUT2D eigenvalue weighted by molar-refractivity contribution is -0.115. The quantitative estimate of drug-likeness (QED) is 0.252. The van der Waals surface area contributed by atoms with Gasteiger partial charge in [-0.05, 0) is 30.5 Å². The smallest absolute Gasteiger partial charge is 0.269 e. The molecule has 2 atom stereocenters. The molecule has 1 fully saturated rings. The van der Waals surface area contributed by atoms with Gasteiger partial charge in [0.05, 0.1) is 0 Å². The van der Waals surface area contributed by atoms with Crippen LogP contribution in [0.25, 0.3) is 0 Å². The second kappa shape index (κ2) is 7.09. The van der Waals surface area contributed by atoms with Crippen LogP contribution in [0, 0.1) is 0 Å². The first-order valence-corrected chi connectivity index (χ1v) is 7.68. The van der Waals surface area contributed by atoms with E-state index in [2.05, 4.69) is 35.7 Å². The van der Waals surface area contributed by atoms with E-state index in [1.54, 1.807) is 12.1 Å². The highest BCUT2D eigenvalue weighted by atomic mass is 32.1. The Morgan fingerprint density at radius 3 is 2.33 bits per heavy atom. The lowest BCUT2D eigenvalue weighted by atomic mass is 10.1. The van der Waals surface area contributed by atoms with Gasteiger partial charge in [0, 0.05) is 23.0 Å². The number of amides is 1. The van der Waals surface area contributed by atoms with E-state index in [1.165, 1.54) is 12.1 Å². The number of phenolic OH excluding ortho intramolecular Hbond substituents is 1. The van der Waals surface area contributed by atoms with Gasteiger partial charge in [-0.2, -0.15) is 25.3 Å². The van der Waals surface area contributed by atoms with Crippen molar-refractivity contribution < 1.29 is 15.1 Å². The molecule has 0 aromatic heterocycles. The summed E-state index contributed by atoms with van der Waals surface area (Å²) in [6.45, 7) is 0. The van der Waals surface area contributed by atoms with Crippen LogP contribution >= 0.6 is 25.3 Å². The summed E-state index contributed by atoms with van der Waals surface area (Å²) < 4.78 is 0. The zero-order chi connectivity index (χ0) is 15.4. The number of hydrogen-bond acceptors (Lipinski definition) is 6. The highest BCUT2D eigenvalue weighted by Gasteiger charge is 2.31. The first-order chi connectivity index (χ1) is 9.99. The Morgan fingerprint density at radius 2 is 1.81 bits per heavy atom. The molecule has 0 radical (unpaired) electrons. The molecule has 1 aliphatic rings. The number of hydrogen-bond donors (Lipinski definition) is 5. The first kappa shape index (κ1) is 16.0. The fraction of sp³-hybridized carbons (Fsp3) is 0.429. The van der Waals surface area contributed by atoms with Crippen LogP contribution in [0.3, 0.4) is 0 Å². The van der Waals surface area contributed by atoms with E-state index >= 15 is 0 Å². The molecule has 7 heteroatoms. The molecular weight excluding hydrogens is 308 g/mol. The first-order valence-electron chi connectivity index (χ1n) is 6.65. The number of carbonyl (C=O) groups excluding carboxylic acids is 1. The van der Waals surface area contributed by atoms with Crippen LogP contribution in [0.2, 0.25) is 0 Å². The minimum Gasteiger partial charge on any atom is -0.508 e. The van der Waals surface area contributed by atoms with Crippen LogP contribution in [0.1, 0.15) is 18.4 Å². The van der Waals surface area contributed by atoms with Gasteiger partial charge >= 0.3 is 0 Å². The van der Waals surface area contributed by atoms with E-state index in [-0.39, 0.29) is 34.4 Å². The van der Waals surface area contributed by atoms with Crippen molar-refractivity contribution in [3.63, 3.8) is 0 Å². The Balaban J connectivity index is 1.95. The molecule has 0 saturated heterocycles. The van der Waals surface area contributed by atoms with Crippen LogP contribution < -0.4 is 5.32 Å². The summed E-state index contributed by atoms with van der Waals surface area (Å²) in [6.07, 6.45) is 1.70. The number of nitrogens with zero attached hydrogens (tertiary/aromatic N) is 1. The SMILES string of the molecule is O=C(NC1CC(S)C(S)C1)/C(Cc1ccc(O)cc1)=N/O. The molecule has 0 spiro atoms. The van der Waals surface area contributed by atoms with Crippen molar-refractivity contribution >= 4 is 36.9 Å². The standard InChI is InChI=1S/C14H18N2O3S2/c17-10-3-1-8(2-4-10)5-11(16-19)14(18)15-9-6-12(20)13(21)7-9/h1-4,9,12-13,17,19-21H,5-7H2,(H,15,18)/b16-11+. The van der Waals surface area contributed by atoms with Crippen molar-refractivity contribution in [1.82, 2.24) is 5.32 Å². The monoisotopic (exact) mass is 326 g/mol. The maximum atomic E-state index is 12.1. The van der Waals surface area contributed by atoms with Crippen molar-refractivity contribution in [3.05, 3.63) is 29.8 Å². The summed E-state index contributed by atoms with van der Waals surface area (Å²) in [5.41, 5.74) is 0.820. The average Bonchev–Trinajstić information content (AvgIpc) is 2.76. The van der Waals surface area contributed by atoms with E-state index in [1.807, 2.05) is 0 Å². The second-order valence-corrected chi connectivity index (χ2v) is 6.49. The normalized spacial score (nSPS) is 25.8. The average molecular weight is 326 g/mol. The van der Waals surface area contributed by atoms with Gasteiger partial charge < -0.3 is 15.6 Å². The topological polar surface area (TPSA) is 81.9 Å². The van der Waals surface area contributed by atoms with Gasteiger partial charge in [-0.15, -0.1) is 0 Å². The molecule has 0 heterocycles. The van der Waals surface area contributed by atoms with Crippen molar-refractivity contribution in [1.29, 1.82) is 0 Å². The second-order valence-electron chi connectivity index (χ2n) is 5.17. The van der Waals surface area contributed by atoms with E-state index in [0.29, 0.717) is 0 Å². The molecule has 1 aromatic carbocycles. The lowest BCUT2D eigenvalue weighted by Crippen LogP contribution is -2.39. The molecule has 114 valence electrons. The fourth-order valence-corrected chi connectivity index (χ4v) is 3.10. The summed E-state index contributed by atoms with van der Waals surface area (Å²) in [7, 11) is 0. The van der Waals surface area contributed by atoms with Gasteiger partial charge in [0.25, 0.3) is 5.91 Å². The number of oxime groups is 1. The maximum absolute atomic E-state index is 12.1. The number of thiol groups is 2. The van der Waals surface area contributed by atoms with Gasteiger partial charge in [-0.3, -0.25) is 4.79 Å². The van der Waals surface area contributed by atoms with Crippen molar-refractivity contribution in [2.24, 2.45) is 5.16 Å². The number of phenols is 1. The molecule has 5 nitrogen and oxygen atoms in total. The third-order valence-corrected chi connectivity index (χ3v) is 4.90. The zero-order valence-corrected chi connectivity index (χ0v) is 13.1. The van der Waals surface area contributed by atoms with Gasteiger partial charge in [0.2, 0.25) is 0 Å². The van der Waals surface area contributed by atoms with Crippen LogP contribution in [0.5, 0.6) is 5.75 Å². The summed E-state index contributed by atoms with van der Waals surface area (Å²) in [5.74, 6) is -0.241. The Bertz CT molecular complexity index is 524. The largest absolute Gasteiger partial charge is 0.508 e. The Labute approximate surface area is 134 Å². The van der Waals surface area contributed by atoms with Crippen LogP contribution in [0.15, 0.2) is 29.4 Å². The molecule has 1 aliphatic carbocycles. The highest BCUT2D eigenvalue weighted by molar-refractivity contribution is 7.85. The molecule has 21 heavy (non-hydrogen) atoms. The van der Waals surface area contributed by atoms with Crippen molar-refractivity contribution in [3.8, 4) is 5.75 Å². The summed E-state index contributed by atoms with van der Waals surface area (Å²) in [5, 5.41) is 24.5. The highest BCUT2D eigenvalue weighted by Crippen LogP contribution is 2.28. The molecule has 2 rings (SSSR count). The minimum atomic E-state index is -0.390. The number of carbonyl (C=O) groups is 1. The van der Waals surface area contributed by atoms with Gasteiger partial charge in [0.1, 0.15) is 11.5 Å². The van der Waals surface area contributed by atoms with Crippen LogP contribution in [-0.2, 0) is 11.2 Å². The third kappa shape index (κ3) is 4.31. The molecule has 2 unspecified atom stereocenters. The summed E-state index contributed by atoms with van der Waals surface area (Å²) in [6, 6.07) is 6.40. The molecule has 1 aromatic rings. The van der Waals surface area contributed by atoms with Crippen molar-refractivity contribution in [2.45, 2.75) is 35.8 Å². The van der Waals surface area contributed by atoms with Crippen LogP contribution in [-0.4, -0.2) is 38.5 Å². The minimum absolute atomic E-state index is 0.000863. The molecule has 1 amide bonds. The molecular formula is C14H18N2O3S2. The lowest BCUT2D eigenvalue weighted by Gasteiger charge is -2.13. The fourth-order valence-electron chi connectivity index (χ4n) is 2.35. The maximum Gasteiger partial charge on any atom is 0.269 e. The predicted octanol–water partition coefficient (Wildman–Crippen LogP) is 1.64. The molecule has 1 saturated carbocycles. The van der Waals surface area contributed by atoms with Crippen molar-refractivity contribution in [2.75, 3.05) is 0 Å². The van der Waals surface area contributed by atoms with E-state index in [9.17, 15) is 9.90 Å². The number of benzene rings is 1. The van der Waals surface area contributed by atoms with Gasteiger partial charge in [-0.25, -0.2) is 0 Å². The summed E-state index contributed by atoms with van der Waals surface area (Å²) >= 11 is 8.80. The van der Waals surface area contributed by atoms with E-state index < -0.39 is 5.91 Å². The molecule has 0 bridgehead atoms. The number of aromatic hydroxyl groups is 1. The Kier molecular flexibility index (Phi) is 5.41. The van der Waals surface area contributed by atoms with Gasteiger partial charge in [-0.1, -0.05) is 17.3 Å². The van der Waals surface area contributed by atoms with E-state index in [4.69, 9.17) is 5.21 Å². The zero-order valence-electron chi connectivity index (χ0n) is 11.3. The van der Waals surface area contributed by atoms with Gasteiger partial charge in [0.15, 0.2) is 0 Å². The Morgan fingerprint density at radius 1 is 1.24 bits per heavy atom. The number of rotatable bonds is 4. The third-order valence-electron chi connectivity index (χ3n) is 3.52. The number of nitrogens with one attached hydrogen (secondary N) is 1. The summed E-state index contributed by atoms with van der Waals surface area (Å²) in [4.78, 5) is 12.1.